The minimum absolute atomic E-state index is 0.0732. The summed E-state index contributed by atoms with van der Waals surface area (Å²) >= 11 is 0. The Bertz CT molecular complexity index is 435. The van der Waals surface area contributed by atoms with Gasteiger partial charge in [-0.3, -0.25) is 0 Å². The molecule has 0 spiro atoms. The third-order valence-corrected chi connectivity index (χ3v) is 2.31. The molecule has 0 aliphatic rings. The van der Waals surface area contributed by atoms with Gasteiger partial charge in [0.15, 0.2) is 11.5 Å². The van der Waals surface area contributed by atoms with E-state index in [0.29, 0.717) is 23.3 Å². The van der Waals surface area contributed by atoms with E-state index in [-0.39, 0.29) is 5.75 Å². The molecule has 0 amide bonds. The van der Waals surface area contributed by atoms with Crippen molar-refractivity contribution in [3.8, 4) is 17.6 Å². The van der Waals surface area contributed by atoms with Crippen LogP contribution in [0.3, 0.4) is 0 Å². The molecule has 0 unspecified atom stereocenters. The lowest BCUT2D eigenvalue weighted by Crippen LogP contribution is -2.11. The Kier molecular flexibility index (Phi) is 3.92. The van der Waals surface area contributed by atoms with Crippen LogP contribution in [-0.2, 0) is 0 Å². The first-order valence-electron chi connectivity index (χ1n) is 4.82. The predicted octanol–water partition coefficient (Wildman–Crippen LogP) is 1.85. The van der Waals surface area contributed by atoms with Crippen LogP contribution in [0.2, 0.25) is 0 Å². The summed E-state index contributed by atoms with van der Waals surface area (Å²) in [6, 6.07) is 4.66. The quantitative estimate of drug-likeness (QED) is 0.756. The zero-order valence-corrected chi connectivity index (χ0v) is 9.10. The smallest absolute Gasteiger partial charge is 0.163 e. The summed E-state index contributed by atoms with van der Waals surface area (Å²) in [5, 5.41) is 18.8. The molecule has 16 heavy (non-hydrogen) atoms. The normalized spacial score (nSPS) is 11.6. The van der Waals surface area contributed by atoms with E-state index in [4.69, 9.17) is 15.7 Å². The highest BCUT2D eigenvalue weighted by Crippen LogP contribution is 2.36. The molecule has 1 rings (SSSR count). The lowest BCUT2D eigenvalue weighted by molar-refractivity contribution is 0.368. The Hall–Kier alpha value is -1.99. The van der Waals surface area contributed by atoms with Gasteiger partial charge >= 0.3 is 0 Å². The van der Waals surface area contributed by atoms with Crippen LogP contribution in [0.4, 0.5) is 0 Å². The van der Waals surface area contributed by atoms with Crippen LogP contribution in [-0.4, -0.2) is 12.2 Å². The zero-order valence-electron chi connectivity index (χ0n) is 9.10. The molecule has 0 bridgehead atoms. The third kappa shape index (κ3) is 2.15. The molecule has 1 aromatic carbocycles. The van der Waals surface area contributed by atoms with Crippen molar-refractivity contribution < 1.29 is 9.84 Å². The Balaban J connectivity index is 3.32. The number of phenolic OH excluding ortho intramolecular Hbond substituents is 1. The maximum absolute atomic E-state index is 9.91. The van der Waals surface area contributed by atoms with Crippen LogP contribution in [0.25, 0.3) is 0 Å². The number of phenols is 1. The molecular weight excluding hydrogens is 204 g/mol. The second-order valence-corrected chi connectivity index (χ2v) is 3.32. The first-order valence-corrected chi connectivity index (χ1v) is 4.82. The maximum Gasteiger partial charge on any atom is 0.163 e. The van der Waals surface area contributed by atoms with Crippen LogP contribution >= 0.6 is 0 Å². The molecule has 0 radical (unpaired) electrons. The predicted molar refractivity (Wildman–Crippen MR) is 61.1 cm³/mol. The van der Waals surface area contributed by atoms with Gasteiger partial charge in [-0.15, -0.1) is 6.58 Å². The van der Waals surface area contributed by atoms with Gasteiger partial charge in [0.2, 0.25) is 0 Å². The fourth-order valence-corrected chi connectivity index (χ4v) is 1.52. The average Bonchev–Trinajstić information content (AvgIpc) is 2.28. The van der Waals surface area contributed by atoms with Gasteiger partial charge in [-0.2, -0.15) is 5.26 Å². The molecule has 1 atom stereocenters. The number of nitriles is 1. The van der Waals surface area contributed by atoms with Gasteiger partial charge < -0.3 is 15.6 Å². The van der Waals surface area contributed by atoms with Gasteiger partial charge in [0.1, 0.15) is 0 Å². The van der Waals surface area contributed by atoms with Crippen molar-refractivity contribution in [1.82, 2.24) is 0 Å². The summed E-state index contributed by atoms with van der Waals surface area (Å²) in [5.41, 5.74) is 6.63. The van der Waals surface area contributed by atoms with E-state index in [1.165, 1.54) is 13.2 Å². The van der Waals surface area contributed by atoms with E-state index in [0.717, 1.165) is 0 Å². The summed E-state index contributed by atoms with van der Waals surface area (Å²) in [6.07, 6.45) is 2.13. The van der Waals surface area contributed by atoms with Gasteiger partial charge in [0.05, 0.1) is 18.7 Å². The van der Waals surface area contributed by atoms with Gasteiger partial charge in [0, 0.05) is 11.6 Å². The van der Waals surface area contributed by atoms with Crippen molar-refractivity contribution >= 4 is 0 Å². The van der Waals surface area contributed by atoms with Gasteiger partial charge in [-0.1, -0.05) is 6.08 Å². The molecule has 0 fully saturated rings. The lowest BCUT2D eigenvalue weighted by atomic mass is 9.97. The van der Waals surface area contributed by atoms with Crippen molar-refractivity contribution in [2.75, 3.05) is 7.11 Å². The molecule has 84 valence electrons. The Morgan fingerprint density at radius 2 is 2.38 bits per heavy atom. The van der Waals surface area contributed by atoms with E-state index in [9.17, 15) is 5.11 Å². The monoisotopic (exact) mass is 218 g/mol. The number of benzene rings is 1. The Labute approximate surface area is 94.6 Å². The summed E-state index contributed by atoms with van der Waals surface area (Å²) in [4.78, 5) is 0. The fraction of sp³-hybridized carbons (Fsp3) is 0.250. The third-order valence-electron chi connectivity index (χ3n) is 2.31. The van der Waals surface area contributed by atoms with E-state index >= 15 is 0 Å². The summed E-state index contributed by atoms with van der Waals surface area (Å²) in [5.74, 6) is 0.240. The van der Waals surface area contributed by atoms with Crippen LogP contribution in [0.15, 0.2) is 24.8 Å². The van der Waals surface area contributed by atoms with E-state index < -0.39 is 6.04 Å². The largest absolute Gasteiger partial charge is 0.504 e. The standard InChI is InChI=1S/C12H14N2O2/c1-3-4-9(14)11-8(7-13)5-6-10(16-2)12(11)15/h3,5-6,9,15H,1,4,14H2,2H3/t9-/m0/s1. The summed E-state index contributed by atoms with van der Waals surface area (Å²) in [7, 11) is 1.45. The van der Waals surface area contributed by atoms with Crippen LogP contribution in [0.1, 0.15) is 23.6 Å². The Morgan fingerprint density at radius 1 is 1.69 bits per heavy atom. The molecular formula is C12H14N2O2. The van der Waals surface area contributed by atoms with Crippen LogP contribution in [0.5, 0.6) is 11.5 Å². The molecule has 4 heteroatoms. The van der Waals surface area contributed by atoms with E-state index in [1.54, 1.807) is 12.1 Å². The topological polar surface area (TPSA) is 79.3 Å². The maximum atomic E-state index is 9.91. The highest BCUT2D eigenvalue weighted by Gasteiger charge is 2.18. The number of aromatic hydroxyl groups is 1. The van der Waals surface area contributed by atoms with Crippen molar-refractivity contribution in [1.29, 1.82) is 5.26 Å². The average molecular weight is 218 g/mol. The van der Waals surface area contributed by atoms with E-state index in [2.05, 4.69) is 6.58 Å². The van der Waals surface area contributed by atoms with Crippen molar-refractivity contribution in [2.24, 2.45) is 5.73 Å². The number of methoxy groups -OCH3 is 1. The summed E-state index contributed by atoms with van der Waals surface area (Å²) < 4.78 is 4.97. The molecule has 3 N–H and O–H groups in total. The number of hydrogen-bond donors (Lipinski definition) is 2. The first kappa shape index (κ1) is 12.1. The number of nitrogens with zero attached hydrogens (tertiary/aromatic N) is 1. The SMILES string of the molecule is C=CC[C@H](N)c1c(C#N)ccc(OC)c1O. The highest BCUT2D eigenvalue weighted by molar-refractivity contribution is 5.55. The highest BCUT2D eigenvalue weighted by atomic mass is 16.5. The molecule has 4 nitrogen and oxygen atoms in total. The van der Waals surface area contributed by atoms with Crippen LogP contribution < -0.4 is 10.5 Å². The van der Waals surface area contributed by atoms with Gasteiger partial charge in [0.25, 0.3) is 0 Å². The molecule has 0 saturated carbocycles. The van der Waals surface area contributed by atoms with Gasteiger partial charge in [-0.25, -0.2) is 0 Å². The minimum Gasteiger partial charge on any atom is -0.504 e. The number of nitrogens with two attached hydrogens (primary N) is 1. The zero-order chi connectivity index (χ0) is 12.1. The number of rotatable bonds is 4. The Morgan fingerprint density at radius 3 is 2.88 bits per heavy atom. The second-order valence-electron chi connectivity index (χ2n) is 3.32. The van der Waals surface area contributed by atoms with E-state index in [1.807, 2.05) is 6.07 Å². The molecule has 0 aliphatic carbocycles. The molecule has 0 aliphatic heterocycles. The molecule has 1 aromatic rings. The van der Waals surface area contributed by atoms with Crippen molar-refractivity contribution in [3.05, 3.63) is 35.9 Å². The van der Waals surface area contributed by atoms with Crippen LogP contribution in [0, 0.1) is 11.3 Å². The fourth-order valence-electron chi connectivity index (χ4n) is 1.52. The number of hydrogen-bond acceptors (Lipinski definition) is 4. The molecule has 0 saturated heterocycles. The molecule has 0 aromatic heterocycles. The summed E-state index contributed by atoms with van der Waals surface area (Å²) in [6.45, 7) is 3.58. The van der Waals surface area contributed by atoms with Crippen molar-refractivity contribution in [2.45, 2.75) is 12.5 Å². The van der Waals surface area contributed by atoms with Crippen molar-refractivity contribution in [3.63, 3.8) is 0 Å². The van der Waals surface area contributed by atoms with Gasteiger partial charge in [-0.05, 0) is 18.6 Å². The first-order chi connectivity index (χ1) is 7.65. The number of ether oxygens (including phenoxy) is 1. The second kappa shape index (κ2) is 5.19. The minimum atomic E-state index is -0.456. The molecule has 0 heterocycles. The lowest BCUT2D eigenvalue weighted by Gasteiger charge is -2.15.